The number of anilines is 1. The number of hydrogen-bond donors (Lipinski definition) is 3. The van der Waals surface area contributed by atoms with Crippen LogP contribution in [0.1, 0.15) is 33.4 Å². The summed E-state index contributed by atoms with van der Waals surface area (Å²) in [5, 5.41) is 37.8. The van der Waals surface area contributed by atoms with Crippen LogP contribution in [0.2, 0.25) is 0 Å². The molecule has 3 rings (SSSR count). The first-order chi connectivity index (χ1) is 14.6. The molecule has 3 N–H and O–H groups in total. The number of rotatable bonds is 6. The average Bonchev–Trinajstić information content (AvgIpc) is 3.27. The Balaban J connectivity index is 1.98. The Bertz CT molecular complexity index is 1030. The van der Waals surface area contributed by atoms with E-state index in [-0.39, 0.29) is 35.9 Å². The van der Waals surface area contributed by atoms with Crippen LogP contribution in [0.15, 0.2) is 18.5 Å². The van der Waals surface area contributed by atoms with Gasteiger partial charge in [0.25, 0.3) is 0 Å². The topological polar surface area (TPSA) is 159 Å². The molecule has 0 aromatic carbocycles. The molecule has 5 atom stereocenters. The summed E-state index contributed by atoms with van der Waals surface area (Å²) in [5.41, 5.74) is -1.46. The molecule has 0 unspecified atom stereocenters. The van der Waals surface area contributed by atoms with Crippen LogP contribution < -0.4 is 5.32 Å². The van der Waals surface area contributed by atoms with Crippen molar-refractivity contribution in [3.8, 4) is 6.07 Å². The number of carbonyl (C=O) groups excluding carboxylic acids is 2. The predicted molar refractivity (Wildman–Crippen MR) is 106 cm³/mol. The third-order valence-corrected chi connectivity index (χ3v) is 5.56. The number of fused-ring (bicyclic) bond motifs is 1. The number of carbonyl (C=O) groups is 2. The number of aromatic nitrogens is 3. The summed E-state index contributed by atoms with van der Waals surface area (Å²) in [5.74, 6) is -0.706. The maximum absolute atomic E-state index is 12.5. The van der Waals surface area contributed by atoms with E-state index in [2.05, 4.69) is 15.4 Å². The first-order valence-corrected chi connectivity index (χ1v) is 9.85. The molecule has 0 spiro atoms. The summed E-state index contributed by atoms with van der Waals surface area (Å²) in [6.45, 7) is 6.54. The summed E-state index contributed by atoms with van der Waals surface area (Å²) in [6.07, 6.45) is -3.02. The number of hydrogen-bond acceptors (Lipinski definition) is 9. The molecule has 1 saturated heterocycles. The largest absolute Gasteiger partial charge is 0.463 e. The minimum absolute atomic E-state index is 0.125. The van der Waals surface area contributed by atoms with Crippen LogP contribution in [0.25, 0.3) is 5.52 Å². The number of aliphatic hydroxyl groups is 2. The quantitative estimate of drug-likeness (QED) is 0.549. The number of nitrogens with zero attached hydrogens (tertiary/aromatic N) is 4. The van der Waals surface area contributed by atoms with Crippen molar-refractivity contribution in [3.63, 3.8) is 0 Å². The number of ether oxygens (including phenoxy) is 2. The Morgan fingerprint density at radius 3 is 2.71 bits per heavy atom. The van der Waals surface area contributed by atoms with E-state index in [1.807, 2.05) is 19.9 Å². The van der Waals surface area contributed by atoms with Crippen LogP contribution in [0.3, 0.4) is 0 Å². The van der Waals surface area contributed by atoms with Gasteiger partial charge in [-0.15, -0.1) is 0 Å². The summed E-state index contributed by atoms with van der Waals surface area (Å²) < 4.78 is 11.9. The van der Waals surface area contributed by atoms with Gasteiger partial charge in [0.1, 0.15) is 42.8 Å². The zero-order chi connectivity index (χ0) is 22.9. The molecule has 1 amide bonds. The lowest BCUT2D eigenvalue weighted by atomic mass is 9.92. The van der Waals surface area contributed by atoms with Crippen LogP contribution in [0, 0.1) is 23.2 Å². The Hall–Kier alpha value is -3.07. The van der Waals surface area contributed by atoms with Crippen LogP contribution in [0.5, 0.6) is 0 Å². The second-order valence-electron chi connectivity index (χ2n) is 7.89. The molecule has 3 heterocycles. The molecule has 0 saturated carbocycles. The number of nitrogens with one attached hydrogen (secondary N) is 1. The lowest BCUT2D eigenvalue weighted by Gasteiger charge is -2.24. The van der Waals surface area contributed by atoms with E-state index in [0.29, 0.717) is 5.52 Å². The van der Waals surface area contributed by atoms with Gasteiger partial charge in [-0.3, -0.25) is 9.59 Å². The summed E-state index contributed by atoms with van der Waals surface area (Å²) in [6, 6.07) is 5.00. The molecule has 0 bridgehead atoms. The molecule has 1 aliphatic rings. The molecule has 31 heavy (non-hydrogen) atoms. The van der Waals surface area contributed by atoms with Crippen LogP contribution in [-0.2, 0) is 24.7 Å². The number of esters is 1. The average molecular weight is 431 g/mol. The van der Waals surface area contributed by atoms with Crippen molar-refractivity contribution in [2.24, 2.45) is 11.8 Å². The Morgan fingerprint density at radius 2 is 2.10 bits per heavy atom. The third-order valence-electron chi connectivity index (χ3n) is 5.56. The zero-order valence-electron chi connectivity index (χ0n) is 17.6. The van der Waals surface area contributed by atoms with Crippen LogP contribution >= 0.6 is 0 Å². The Morgan fingerprint density at radius 1 is 1.39 bits per heavy atom. The summed E-state index contributed by atoms with van der Waals surface area (Å²) in [7, 11) is 0. The number of amides is 1. The van der Waals surface area contributed by atoms with Gasteiger partial charge in [-0.1, -0.05) is 20.8 Å². The summed E-state index contributed by atoms with van der Waals surface area (Å²) >= 11 is 0. The smallest absolute Gasteiger partial charge is 0.302 e. The number of nitriles is 1. The van der Waals surface area contributed by atoms with E-state index >= 15 is 0 Å². The highest BCUT2D eigenvalue weighted by Gasteiger charge is 2.57. The molecule has 1 fully saturated rings. The maximum atomic E-state index is 12.5. The molecule has 0 radical (unpaired) electrons. The fourth-order valence-electron chi connectivity index (χ4n) is 3.36. The van der Waals surface area contributed by atoms with Crippen molar-refractivity contribution in [3.05, 3.63) is 24.2 Å². The van der Waals surface area contributed by atoms with Gasteiger partial charge in [0.2, 0.25) is 11.5 Å². The highest BCUT2D eigenvalue weighted by atomic mass is 16.6. The van der Waals surface area contributed by atoms with Gasteiger partial charge in [-0.25, -0.2) is 9.50 Å². The molecular formula is C20H25N5O6. The van der Waals surface area contributed by atoms with E-state index in [1.165, 1.54) is 23.8 Å². The van der Waals surface area contributed by atoms with Gasteiger partial charge in [-0.2, -0.15) is 10.4 Å². The van der Waals surface area contributed by atoms with Gasteiger partial charge < -0.3 is 25.0 Å². The second-order valence-corrected chi connectivity index (χ2v) is 7.89. The van der Waals surface area contributed by atoms with Crippen molar-refractivity contribution in [2.75, 3.05) is 11.9 Å². The van der Waals surface area contributed by atoms with E-state index in [4.69, 9.17) is 9.47 Å². The summed E-state index contributed by atoms with van der Waals surface area (Å²) in [4.78, 5) is 27.7. The van der Waals surface area contributed by atoms with E-state index in [9.17, 15) is 25.1 Å². The monoisotopic (exact) mass is 431 g/mol. The SMILES string of the molecule is CC(=O)OC[C@H]1O[C@@](C#N)(c2ccc3c(NC(=O)[C@@H](C)C(C)C)ncnn23)[C@H](O)[C@@H]1O. The van der Waals surface area contributed by atoms with Crippen molar-refractivity contribution < 1.29 is 29.3 Å². The zero-order valence-corrected chi connectivity index (χ0v) is 17.6. The lowest BCUT2D eigenvalue weighted by molar-refractivity contribution is -0.148. The highest BCUT2D eigenvalue weighted by Crippen LogP contribution is 2.40. The fourth-order valence-corrected chi connectivity index (χ4v) is 3.36. The van der Waals surface area contributed by atoms with Crippen molar-refractivity contribution in [1.29, 1.82) is 5.26 Å². The Labute approximate surface area is 178 Å². The van der Waals surface area contributed by atoms with E-state index in [0.717, 1.165) is 0 Å². The maximum Gasteiger partial charge on any atom is 0.302 e. The first kappa shape index (κ1) is 22.6. The standard InChI is InChI=1S/C20H25N5O6/c1-10(2)11(3)19(29)24-18-13-5-6-15(25(13)23-9-22-18)20(8-21)17(28)16(27)14(31-20)7-30-12(4)26/h5-6,9-11,14,16-17,27-28H,7H2,1-4H3,(H,22,23,24,29)/t11-,14+,16+,17+,20-/m0/s1. The number of aliphatic hydroxyl groups excluding tert-OH is 2. The van der Waals surface area contributed by atoms with E-state index < -0.39 is 29.9 Å². The molecule has 1 aliphatic heterocycles. The lowest BCUT2D eigenvalue weighted by Crippen LogP contribution is -2.41. The molecule has 11 heteroatoms. The molecule has 166 valence electrons. The van der Waals surface area contributed by atoms with Crippen LogP contribution in [-0.4, -0.2) is 61.6 Å². The highest BCUT2D eigenvalue weighted by molar-refractivity contribution is 5.95. The third kappa shape index (κ3) is 3.97. The fraction of sp³-hybridized carbons (Fsp3) is 0.550. The molecular weight excluding hydrogens is 406 g/mol. The predicted octanol–water partition coefficient (Wildman–Crippen LogP) is 0.362. The second kappa shape index (κ2) is 8.58. The Kier molecular flexibility index (Phi) is 6.26. The van der Waals surface area contributed by atoms with Gasteiger partial charge in [0.05, 0.1) is 5.69 Å². The molecule has 2 aromatic rings. The van der Waals surface area contributed by atoms with Gasteiger partial charge >= 0.3 is 5.97 Å². The minimum atomic E-state index is -1.97. The first-order valence-electron chi connectivity index (χ1n) is 9.85. The van der Waals surface area contributed by atoms with Gasteiger partial charge in [0, 0.05) is 12.8 Å². The van der Waals surface area contributed by atoms with Crippen molar-refractivity contribution in [2.45, 2.75) is 51.6 Å². The van der Waals surface area contributed by atoms with Crippen molar-refractivity contribution in [1.82, 2.24) is 14.6 Å². The molecule has 11 nitrogen and oxygen atoms in total. The van der Waals surface area contributed by atoms with Gasteiger partial charge in [0.15, 0.2) is 5.82 Å². The van der Waals surface area contributed by atoms with Crippen molar-refractivity contribution >= 4 is 23.2 Å². The van der Waals surface area contributed by atoms with Gasteiger partial charge in [-0.05, 0) is 18.1 Å². The minimum Gasteiger partial charge on any atom is -0.463 e. The van der Waals surface area contributed by atoms with E-state index in [1.54, 1.807) is 13.0 Å². The van der Waals surface area contributed by atoms with Crippen LogP contribution in [0.4, 0.5) is 5.82 Å². The normalized spacial score (nSPS) is 26.6. The molecule has 2 aromatic heterocycles. The molecule has 0 aliphatic carbocycles.